The van der Waals surface area contributed by atoms with Crippen LogP contribution in [0, 0.1) is 5.82 Å². The van der Waals surface area contributed by atoms with E-state index in [0.717, 1.165) is 0 Å². The van der Waals surface area contributed by atoms with Crippen molar-refractivity contribution in [3.63, 3.8) is 0 Å². The van der Waals surface area contributed by atoms with Gasteiger partial charge in [0.1, 0.15) is 11.6 Å². The fourth-order valence-electron chi connectivity index (χ4n) is 3.00. The number of nitrogens with zero attached hydrogens (tertiary/aromatic N) is 1. The summed E-state index contributed by atoms with van der Waals surface area (Å²) in [5, 5.41) is 1.12. The summed E-state index contributed by atoms with van der Waals surface area (Å²) in [6.07, 6.45) is 2.69. The summed E-state index contributed by atoms with van der Waals surface area (Å²) in [7, 11) is -2.11. The molecule has 0 unspecified atom stereocenters. The van der Waals surface area contributed by atoms with E-state index in [9.17, 15) is 17.6 Å². The Kier molecular flexibility index (Phi) is 6.17. The van der Waals surface area contributed by atoms with E-state index in [1.807, 2.05) is 0 Å². The number of rotatable bonds is 7. The number of hydrogen-bond donors (Lipinski definition) is 0. The summed E-state index contributed by atoms with van der Waals surface area (Å²) >= 11 is 0. The van der Waals surface area contributed by atoms with Gasteiger partial charge in [0.05, 0.1) is 24.2 Å². The van der Waals surface area contributed by atoms with Gasteiger partial charge in [-0.1, -0.05) is 25.6 Å². The van der Waals surface area contributed by atoms with E-state index in [2.05, 4.69) is 11.6 Å². The van der Waals surface area contributed by atoms with Crippen LogP contribution >= 0.6 is 0 Å². The molecule has 0 radical (unpaired) electrons. The Morgan fingerprint density at radius 3 is 2.60 bits per heavy atom. The van der Waals surface area contributed by atoms with Crippen molar-refractivity contribution in [1.82, 2.24) is 4.98 Å². The number of hydrogen-bond acceptors (Lipinski definition) is 6. The van der Waals surface area contributed by atoms with E-state index < -0.39 is 21.6 Å². The molecule has 0 amide bonds. The minimum absolute atomic E-state index is 0.0252. The average Bonchev–Trinajstić information content (AvgIpc) is 2.74. The lowest BCUT2D eigenvalue weighted by Crippen LogP contribution is -2.07. The standard InChI is InChI=1S/C22H20FNO5S/c1-4-18-15(11-21(25)28-3)10-14-6-7-16(23)12-19(14)22(18)29-20-9-8-17(13-24-20)30(26,27)5-2/h4,6-10,12-13H,1,5,11H2,2-3H3. The molecule has 0 aliphatic heterocycles. The van der Waals surface area contributed by atoms with Crippen molar-refractivity contribution in [3.05, 3.63) is 66.1 Å². The number of halogens is 1. The number of fused-ring (bicyclic) bond motifs is 1. The molecule has 0 spiro atoms. The van der Waals surface area contributed by atoms with E-state index in [1.165, 1.54) is 43.6 Å². The summed E-state index contributed by atoms with van der Waals surface area (Å²) in [5.41, 5.74) is 1.08. The molecule has 0 aliphatic rings. The Morgan fingerprint density at radius 1 is 1.23 bits per heavy atom. The first-order valence-electron chi connectivity index (χ1n) is 9.10. The number of benzene rings is 2. The Morgan fingerprint density at radius 2 is 2.00 bits per heavy atom. The second-order valence-electron chi connectivity index (χ2n) is 6.44. The van der Waals surface area contributed by atoms with Crippen LogP contribution in [-0.4, -0.2) is 32.2 Å². The molecule has 1 aromatic heterocycles. The van der Waals surface area contributed by atoms with Gasteiger partial charge in [0, 0.05) is 23.2 Å². The van der Waals surface area contributed by atoms with Crippen LogP contribution in [-0.2, 0) is 25.8 Å². The second-order valence-corrected chi connectivity index (χ2v) is 8.72. The summed E-state index contributed by atoms with van der Waals surface area (Å²) in [5.74, 6) is -0.568. The second kappa shape index (κ2) is 8.62. The maximum absolute atomic E-state index is 13.9. The molecule has 2 aromatic carbocycles. The molecule has 1 heterocycles. The number of ether oxygens (including phenoxy) is 2. The van der Waals surface area contributed by atoms with E-state index in [4.69, 9.17) is 9.47 Å². The zero-order valence-corrected chi connectivity index (χ0v) is 17.3. The van der Waals surface area contributed by atoms with Gasteiger partial charge in [0.2, 0.25) is 5.88 Å². The van der Waals surface area contributed by atoms with Crippen molar-refractivity contribution in [2.24, 2.45) is 0 Å². The van der Waals surface area contributed by atoms with Gasteiger partial charge in [0.25, 0.3) is 0 Å². The van der Waals surface area contributed by atoms with Gasteiger partial charge in [-0.15, -0.1) is 0 Å². The lowest BCUT2D eigenvalue weighted by atomic mass is 9.97. The Hall–Kier alpha value is -3.26. The summed E-state index contributed by atoms with van der Waals surface area (Å²) in [6.45, 7) is 5.33. The number of aromatic nitrogens is 1. The van der Waals surface area contributed by atoms with Gasteiger partial charge in [0.15, 0.2) is 9.84 Å². The van der Waals surface area contributed by atoms with Gasteiger partial charge in [-0.2, -0.15) is 0 Å². The molecule has 0 saturated heterocycles. The number of carbonyl (C=O) groups is 1. The predicted molar refractivity (Wildman–Crippen MR) is 112 cm³/mol. The first-order chi connectivity index (χ1) is 14.3. The van der Waals surface area contributed by atoms with Gasteiger partial charge in [-0.05, 0) is 35.2 Å². The van der Waals surface area contributed by atoms with Crippen LogP contribution in [0.2, 0.25) is 0 Å². The predicted octanol–water partition coefficient (Wildman–Crippen LogP) is 4.32. The van der Waals surface area contributed by atoms with Crippen molar-refractivity contribution < 1.29 is 27.1 Å². The molecule has 0 N–H and O–H groups in total. The van der Waals surface area contributed by atoms with Crippen LogP contribution in [0.3, 0.4) is 0 Å². The molecule has 0 saturated carbocycles. The lowest BCUT2D eigenvalue weighted by Gasteiger charge is -2.16. The number of carbonyl (C=O) groups excluding carboxylic acids is 1. The monoisotopic (exact) mass is 429 g/mol. The van der Waals surface area contributed by atoms with E-state index in [-0.39, 0.29) is 28.7 Å². The molecular weight excluding hydrogens is 409 g/mol. The molecule has 3 rings (SSSR count). The van der Waals surface area contributed by atoms with Gasteiger partial charge in [-0.25, -0.2) is 17.8 Å². The van der Waals surface area contributed by atoms with Crippen LogP contribution in [0.15, 0.2) is 54.1 Å². The lowest BCUT2D eigenvalue weighted by molar-refractivity contribution is -0.139. The maximum atomic E-state index is 13.9. The van der Waals surface area contributed by atoms with Crippen molar-refractivity contribution in [3.8, 4) is 11.6 Å². The van der Waals surface area contributed by atoms with Gasteiger partial charge < -0.3 is 9.47 Å². The van der Waals surface area contributed by atoms with Crippen LogP contribution in [0.5, 0.6) is 11.6 Å². The maximum Gasteiger partial charge on any atom is 0.310 e. The van der Waals surface area contributed by atoms with Crippen LogP contribution < -0.4 is 4.74 Å². The first-order valence-corrected chi connectivity index (χ1v) is 10.7. The third kappa shape index (κ3) is 4.33. The molecule has 0 atom stereocenters. The number of sulfone groups is 1. The van der Waals surface area contributed by atoms with Crippen molar-refractivity contribution >= 4 is 32.7 Å². The highest BCUT2D eigenvalue weighted by atomic mass is 32.2. The van der Waals surface area contributed by atoms with Crippen molar-refractivity contribution in [2.45, 2.75) is 18.2 Å². The SMILES string of the molecule is C=Cc1c(CC(=O)OC)cc2ccc(F)cc2c1Oc1ccc(S(=O)(=O)CC)cn1. The summed E-state index contributed by atoms with van der Waals surface area (Å²) in [4.78, 5) is 16.0. The molecule has 6 nitrogen and oxygen atoms in total. The molecule has 3 aromatic rings. The van der Waals surface area contributed by atoms with E-state index >= 15 is 0 Å². The third-order valence-electron chi connectivity index (χ3n) is 4.60. The number of methoxy groups -OCH3 is 1. The number of pyridine rings is 1. The van der Waals surface area contributed by atoms with Crippen molar-refractivity contribution in [2.75, 3.05) is 12.9 Å². The van der Waals surface area contributed by atoms with Gasteiger partial charge in [-0.3, -0.25) is 4.79 Å². The van der Waals surface area contributed by atoms with Crippen LogP contribution in [0.1, 0.15) is 18.1 Å². The third-order valence-corrected chi connectivity index (χ3v) is 6.32. The molecule has 0 bridgehead atoms. The topological polar surface area (TPSA) is 82.6 Å². The van der Waals surface area contributed by atoms with Crippen LogP contribution in [0.25, 0.3) is 16.8 Å². The fourth-order valence-corrected chi connectivity index (χ4v) is 3.82. The summed E-state index contributed by atoms with van der Waals surface area (Å²) in [6, 6.07) is 8.78. The minimum Gasteiger partial charge on any atom is -0.469 e. The fraction of sp³-hybridized carbons (Fsp3) is 0.182. The van der Waals surface area contributed by atoms with Gasteiger partial charge >= 0.3 is 5.97 Å². The molecule has 0 aliphatic carbocycles. The van der Waals surface area contributed by atoms with Crippen molar-refractivity contribution in [1.29, 1.82) is 0 Å². The van der Waals surface area contributed by atoms with E-state index in [1.54, 1.807) is 19.1 Å². The Labute approximate surface area is 173 Å². The Bertz CT molecular complexity index is 1220. The zero-order valence-electron chi connectivity index (χ0n) is 16.5. The minimum atomic E-state index is -3.40. The molecule has 8 heteroatoms. The zero-order chi connectivity index (χ0) is 21.9. The first kappa shape index (κ1) is 21.4. The number of esters is 1. The molecule has 156 valence electrons. The smallest absolute Gasteiger partial charge is 0.310 e. The normalized spacial score (nSPS) is 11.3. The largest absolute Gasteiger partial charge is 0.469 e. The average molecular weight is 429 g/mol. The highest BCUT2D eigenvalue weighted by Crippen LogP contribution is 2.37. The highest BCUT2D eigenvalue weighted by molar-refractivity contribution is 7.91. The Balaban J connectivity index is 2.14. The molecule has 0 fully saturated rings. The summed E-state index contributed by atoms with van der Waals surface area (Å²) < 4.78 is 48.6. The molecule has 30 heavy (non-hydrogen) atoms. The quantitative estimate of drug-likeness (QED) is 0.520. The molecular formula is C22H20FNO5S. The highest BCUT2D eigenvalue weighted by Gasteiger charge is 2.18. The van der Waals surface area contributed by atoms with Crippen LogP contribution in [0.4, 0.5) is 4.39 Å². The van der Waals surface area contributed by atoms with E-state index in [0.29, 0.717) is 21.9 Å².